The summed E-state index contributed by atoms with van der Waals surface area (Å²) in [4.78, 5) is 12.2. The number of rotatable bonds is 5. The number of benzene rings is 2. The predicted octanol–water partition coefficient (Wildman–Crippen LogP) is 3.04. The first kappa shape index (κ1) is 16.6. The van der Waals surface area contributed by atoms with E-state index >= 15 is 0 Å². The number of carbonyl (C=O) groups excluding carboxylic acids is 1. The Morgan fingerprint density at radius 3 is 2.96 bits per heavy atom. The lowest BCUT2D eigenvalue weighted by Gasteiger charge is -2.13. The van der Waals surface area contributed by atoms with Gasteiger partial charge in [0.2, 0.25) is 5.91 Å². The Balaban J connectivity index is 1.68. The fourth-order valence-electron chi connectivity index (χ4n) is 2.58. The molecule has 128 valence electrons. The molecule has 0 saturated heterocycles. The number of amides is 1. The number of anilines is 1. The van der Waals surface area contributed by atoms with Gasteiger partial charge < -0.3 is 15.8 Å². The van der Waals surface area contributed by atoms with Gasteiger partial charge in [-0.3, -0.25) is 9.89 Å². The molecule has 0 radical (unpaired) electrons. The van der Waals surface area contributed by atoms with E-state index in [0.29, 0.717) is 5.82 Å². The molecule has 1 atom stereocenters. The second-order valence-corrected chi connectivity index (χ2v) is 5.75. The van der Waals surface area contributed by atoms with E-state index in [4.69, 9.17) is 10.5 Å². The molecule has 0 spiro atoms. The summed E-state index contributed by atoms with van der Waals surface area (Å²) in [5.74, 6) is 1.04. The number of methoxy groups -OCH3 is 1. The number of aromatic nitrogens is 2. The van der Waals surface area contributed by atoms with Crippen LogP contribution in [0.1, 0.15) is 24.1 Å². The van der Waals surface area contributed by atoms with Crippen molar-refractivity contribution in [3.05, 3.63) is 59.7 Å². The Bertz CT molecular complexity index is 930. The topological polar surface area (TPSA) is 93.0 Å². The predicted molar refractivity (Wildman–Crippen MR) is 99.1 cm³/mol. The zero-order valence-corrected chi connectivity index (χ0v) is 14.1. The summed E-state index contributed by atoms with van der Waals surface area (Å²) in [6.45, 7) is 1.93. The smallest absolute Gasteiger partial charge is 0.244 e. The van der Waals surface area contributed by atoms with Crippen LogP contribution in [0.4, 0.5) is 5.82 Å². The van der Waals surface area contributed by atoms with Crippen molar-refractivity contribution in [3.63, 3.8) is 0 Å². The van der Waals surface area contributed by atoms with Crippen LogP contribution >= 0.6 is 0 Å². The number of nitrogen functional groups attached to an aromatic ring is 1. The van der Waals surface area contributed by atoms with E-state index in [1.165, 1.54) is 6.08 Å². The van der Waals surface area contributed by atoms with Gasteiger partial charge in [0.25, 0.3) is 0 Å². The van der Waals surface area contributed by atoms with Crippen molar-refractivity contribution in [1.82, 2.24) is 15.5 Å². The molecule has 6 heteroatoms. The third kappa shape index (κ3) is 3.80. The molecule has 1 aromatic heterocycles. The number of nitrogens with one attached hydrogen (secondary N) is 2. The van der Waals surface area contributed by atoms with E-state index in [1.807, 2.05) is 49.4 Å². The van der Waals surface area contributed by atoms with Crippen LogP contribution in [0.25, 0.3) is 17.0 Å². The summed E-state index contributed by atoms with van der Waals surface area (Å²) in [5.41, 5.74) is 8.53. The molecule has 0 aliphatic heterocycles. The van der Waals surface area contributed by atoms with Gasteiger partial charge in [0.15, 0.2) is 5.82 Å². The largest absolute Gasteiger partial charge is 0.497 e. The first-order valence-electron chi connectivity index (χ1n) is 7.93. The molecular formula is C19H20N4O2. The molecular weight excluding hydrogens is 316 g/mol. The van der Waals surface area contributed by atoms with Crippen LogP contribution in [0.5, 0.6) is 5.75 Å². The van der Waals surface area contributed by atoms with Crippen molar-refractivity contribution in [2.75, 3.05) is 12.8 Å². The lowest BCUT2D eigenvalue weighted by molar-refractivity contribution is -0.117. The molecule has 3 aromatic rings. The SMILES string of the molecule is COc1cccc([C@@H](C)NC(=O)C=Cc2ccc3[nH]nc(N)c3c2)c1. The molecule has 6 nitrogen and oxygen atoms in total. The van der Waals surface area contributed by atoms with Gasteiger partial charge in [-0.15, -0.1) is 0 Å². The number of hydrogen-bond donors (Lipinski definition) is 3. The van der Waals surface area contributed by atoms with Crippen LogP contribution in [-0.2, 0) is 4.79 Å². The fourth-order valence-corrected chi connectivity index (χ4v) is 2.58. The number of fused-ring (bicyclic) bond motifs is 1. The van der Waals surface area contributed by atoms with E-state index in [-0.39, 0.29) is 11.9 Å². The number of nitrogens with two attached hydrogens (primary N) is 1. The second-order valence-electron chi connectivity index (χ2n) is 5.75. The number of ether oxygens (including phenoxy) is 1. The van der Waals surface area contributed by atoms with E-state index < -0.39 is 0 Å². The third-order valence-electron chi connectivity index (χ3n) is 4.00. The maximum Gasteiger partial charge on any atom is 0.244 e. The molecule has 1 heterocycles. The average molecular weight is 336 g/mol. The average Bonchev–Trinajstić information content (AvgIpc) is 3.00. The fraction of sp³-hybridized carbons (Fsp3) is 0.158. The summed E-state index contributed by atoms with van der Waals surface area (Å²) in [6, 6.07) is 13.2. The summed E-state index contributed by atoms with van der Waals surface area (Å²) in [5, 5.41) is 10.6. The molecule has 25 heavy (non-hydrogen) atoms. The molecule has 0 saturated carbocycles. The van der Waals surface area contributed by atoms with Crippen molar-refractivity contribution in [2.45, 2.75) is 13.0 Å². The number of carbonyl (C=O) groups is 1. The van der Waals surface area contributed by atoms with Crippen LogP contribution < -0.4 is 15.8 Å². The van der Waals surface area contributed by atoms with Crippen LogP contribution in [-0.4, -0.2) is 23.2 Å². The highest BCUT2D eigenvalue weighted by molar-refractivity contribution is 5.94. The molecule has 0 fully saturated rings. The maximum atomic E-state index is 12.2. The molecule has 1 amide bonds. The van der Waals surface area contributed by atoms with Crippen molar-refractivity contribution >= 4 is 28.7 Å². The van der Waals surface area contributed by atoms with Gasteiger partial charge in [0, 0.05) is 11.5 Å². The molecule has 3 rings (SSSR count). The minimum absolute atomic E-state index is 0.126. The van der Waals surface area contributed by atoms with Gasteiger partial charge in [-0.25, -0.2) is 0 Å². The second kappa shape index (κ2) is 7.09. The van der Waals surface area contributed by atoms with Crippen LogP contribution in [0.3, 0.4) is 0 Å². The van der Waals surface area contributed by atoms with Gasteiger partial charge in [0.05, 0.1) is 18.7 Å². The van der Waals surface area contributed by atoms with E-state index in [2.05, 4.69) is 15.5 Å². The van der Waals surface area contributed by atoms with E-state index in [0.717, 1.165) is 27.8 Å². The number of H-pyrrole nitrogens is 1. The summed E-state index contributed by atoms with van der Waals surface area (Å²) in [7, 11) is 1.62. The Hall–Kier alpha value is -3.28. The Morgan fingerprint density at radius 2 is 2.16 bits per heavy atom. The molecule has 0 bridgehead atoms. The third-order valence-corrected chi connectivity index (χ3v) is 4.00. The van der Waals surface area contributed by atoms with Crippen LogP contribution in [0, 0.1) is 0 Å². The quantitative estimate of drug-likeness (QED) is 0.624. The highest BCUT2D eigenvalue weighted by Gasteiger charge is 2.08. The zero-order valence-electron chi connectivity index (χ0n) is 14.1. The molecule has 2 aromatic carbocycles. The minimum atomic E-state index is -0.171. The van der Waals surface area contributed by atoms with Gasteiger partial charge in [-0.1, -0.05) is 18.2 Å². The Morgan fingerprint density at radius 1 is 1.32 bits per heavy atom. The molecule has 0 aliphatic rings. The number of aromatic amines is 1. The molecule has 4 N–H and O–H groups in total. The van der Waals surface area contributed by atoms with Gasteiger partial charge in [-0.2, -0.15) is 5.10 Å². The Kier molecular flexibility index (Phi) is 4.70. The lowest BCUT2D eigenvalue weighted by atomic mass is 10.1. The number of hydrogen-bond acceptors (Lipinski definition) is 4. The summed E-state index contributed by atoms with van der Waals surface area (Å²) in [6.07, 6.45) is 3.26. The highest BCUT2D eigenvalue weighted by Crippen LogP contribution is 2.20. The van der Waals surface area contributed by atoms with E-state index in [9.17, 15) is 4.79 Å². The molecule has 0 unspecified atom stereocenters. The monoisotopic (exact) mass is 336 g/mol. The Labute approximate surface area is 145 Å². The maximum absolute atomic E-state index is 12.2. The van der Waals surface area contributed by atoms with Crippen molar-refractivity contribution in [1.29, 1.82) is 0 Å². The van der Waals surface area contributed by atoms with Crippen molar-refractivity contribution in [2.24, 2.45) is 0 Å². The summed E-state index contributed by atoms with van der Waals surface area (Å²) >= 11 is 0. The van der Waals surface area contributed by atoms with Gasteiger partial charge in [-0.05, 0) is 48.4 Å². The standard InChI is InChI=1S/C19H20N4O2/c1-12(14-4-3-5-15(11-14)25-2)21-18(24)9-7-13-6-8-17-16(10-13)19(20)23-22-17/h3-12H,1-2H3,(H,21,24)(H3,20,22,23)/t12-/m1/s1. The first-order chi connectivity index (χ1) is 12.1. The minimum Gasteiger partial charge on any atom is -0.497 e. The highest BCUT2D eigenvalue weighted by atomic mass is 16.5. The van der Waals surface area contributed by atoms with Crippen LogP contribution in [0.15, 0.2) is 48.5 Å². The van der Waals surface area contributed by atoms with Gasteiger partial charge >= 0.3 is 0 Å². The van der Waals surface area contributed by atoms with Gasteiger partial charge in [0.1, 0.15) is 5.75 Å². The van der Waals surface area contributed by atoms with Crippen LogP contribution in [0.2, 0.25) is 0 Å². The van der Waals surface area contributed by atoms with Crippen molar-refractivity contribution in [3.8, 4) is 5.75 Å². The number of nitrogens with zero attached hydrogens (tertiary/aromatic N) is 1. The molecule has 0 aliphatic carbocycles. The normalized spacial score (nSPS) is 12.4. The zero-order chi connectivity index (χ0) is 17.8. The summed E-state index contributed by atoms with van der Waals surface area (Å²) < 4.78 is 5.21. The van der Waals surface area contributed by atoms with Crippen molar-refractivity contribution < 1.29 is 9.53 Å². The first-order valence-corrected chi connectivity index (χ1v) is 7.93. The van der Waals surface area contributed by atoms with E-state index in [1.54, 1.807) is 13.2 Å². The lowest BCUT2D eigenvalue weighted by Crippen LogP contribution is -2.24.